The largest absolute Gasteiger partial charge is 0.483 e. The number of amides is 3. The maximum atomic E-state index is 12.4. The van der Waals surface area contributed by atoms with Crippen molar-refractivity contribution in [3.05, 3.63) is 23.8 Å². The average molecular weight is 332 g/mol. The molecule has 0 spiro atoms. The lowest BCUT2D eigenvalue weighted by Gasteiger charge is -2.29. The van der Waals surface area contributed by atoms with Crippen LogP contribution in [-0.2, 0) is 6.42 Å². The Hall–Kier alpha value is -2.24. The molecule has 6 nitrogen and oxygen atoms in total. The lowest BCUT2D eigenvalue weighted by molar-refractivity contribution is 0.123. The highest BCUT2D eigenvalue weighted by atomic mass is 16.6. The summed E-state index contributed by atoms with van der Waals surface area (Å²) in [5.41, 5.74) is 0.690. The third-order valence-corrected chi connectivity index (χ3v) is 4.44. The molecule has 0 saturated carbocycles. The molecular formula is C18H24N2O4. The molecule has 0 aromatic heterocycles. The molecule has 0 radical (unpaired) electrons. The van der Waals surface area contributed by atoms with Crippen molar-refractivity contribution >= 4 is 12.1 Å². The Labute approximate surface area is 142 Å². The second kappa shape index (κ2) is 6.34. The highest BCUT2D eigenvalue weighted by molar-refractivity contribution is 5.91. The molecule has 2 heterocycles. The predicted octanol–water partition coefficient (Wildman–Crippen LogP) is 3.44. The molecule has 0 aliphatic carbocycles. The number of carbonyl (C=O) groups is 2. The first-order valence-electron chi connectivity index (χ1n) is 8.43. The monoisotopic (exact) mass is 332 g/mol. The highest BCUT2D eigenvalue weighted by Crippen LogP contribution is 2.41. The van der Waals surface area contributed by atoms with Crippen LogP contribution < -0.4 is 9.47 Å². The van der Waals surface area contributed by atoms with Crippen LogP contribution in [0.5, 0.6) is 11.5 Å². The molecule has 0 atom stereocenters. The molecule has 2 aliphatic heterocycles. The molecule has 24 heavy (non-hydrogen) atoms. The number of hydrogen-bond acceptors (Lipinski definition) is 4. The molecule has 6 heteroatoms. The van der Waals surface area contributed by atoms with Gasteiger partial charge in [0.2, 0.25) is 0 Å². The van der Waals surface area contributed by atoms with Gasteiger partial charge in [-0.3, -0.25) is 0 Å². The Balaban J connectivity index is 1.69. The third kappa shape index (κ3) is 3.32. The van der Waals surface area contributed by atoms with E-state index in [1.54, 1.807) is 11.0 Å². The van der Waals surface area contributed by atoms with Crippen molar-refractivity contribution in [1.82, 2.24) is 9.80 Å². The molecular weight excluding hydrogens is 308 g/mol. The summed E-state index contributed by atoms with van der Waals surface area (Å²) in [6, 6.07) is 5.17. The number of piperidine rings is 1. The predicted molar refractivity (Wildman–Crippen MR) is 89.5 cm³/mol. The van der Waals surface area contributed by atoms with E-state index in [1.807, 2.05) is 26.0 Å². The Morgan fingerprint density at radius 1 is 1.21 bits per heavy atom. The first-order chi connectivity index (χ1) is 11.4. The topological polar surface area (TPSA) is 59.1 Å². The minimum Gasteiger partial charge on any atom is -0.483 e. The van der Waals surface area contributed by atoms with Gasteiger partial charge in [-0.1, -0.05) is 12.1 Å². The molecule has 0 unspecified atom stereocenters. The molecule has 1 fully saturated rings. The second-order valence-electron chi connectivity index (χ2n) is 7.04. The maximum Gasteiger partial charge on any atom is 0.423 e. The second-order valence-corrected chi connectivity index (χ2v) is 7.04. The molecule has 3 amide bonds. The van der Waals surface area contributed by atoms with Crippen LogP contribution >= 0.6 is 0 Å². The van der Waals surface area contributed by atoms with Crippen LogP contribution in [0.2, 0.25) is 0 Å². The van der Waals surface area contributed by atoms with Gasteiger partial charge in [0.25, 0.3) is 0 Å². The first kappa shape index (κ1) is 16.6. The molecule has 1 saturated heterocycles. The Morgan fingerprint density at radius 3 is 2.62 bits per heavy atom. The van der Waals surface area contributed by atoms with E-state index in [9.17, 15) is 9.59 Å². The number of para-hydroxylation sites is 1. The molecule has 1 aromatic rings. The number of ether oxygens (including phenoxy) is 2. The van der Waals surface area contributed by atoms with E-state index in [-0.39, 0.29) is 11.6 Å². The van der Waals surface area contributed by atoms with Gasteiger partial charge in [-0.15, -0.1) is 0 Å². The van der Waals surface area contributed by atoms with Gasteiger partial charge in [-0.25, -0.2) is 14.5 Å². The summed E-state index contributed by atoms with van der Waals surface area (Å²) in [6.07, 6.45) is 3.15. The minimum absolute atomic E-state index is 0.312. The number of likely N-dealkylation sites (tertiary alicyclic amines) is 1. The normalized spacial score (nSPS) is 18.5. The van der Waals surface area contributed by atoms with E-state index >= 15 is 0 Å². The summed E-state index contributed by atoms with van der Waals surface area (Å²) in [4.78, 5) is 27.5. The zero-order chi connectivity index (χ0) is 17.3. The van der Waals surface area contributed by atoms with E-state index in [4.69, 9.17) is 9.47 Å². The van der Waals surface area contributed by atoms with Crippen LogP contribution in [-0.4, -0.2) is 47.7 Å². The summed E-state index contributed by atoms with van der Waals surface area (Å²) in [5.74, 6) is 0.955. The molecule has 0 N–H and O–H groups in total. The zero-order valence-corrected chi connectivity index (χ0v) is 14.5. The maximum absolute atomic E-state index is 12.4. The van der Waals surface area contributed by atoms with Crippen LogP contribution in [0, 0.1) is 0 Å². The van der Waals surface area contributed by atoms with Gasteiger partial charge in [0.1, 0.15) is 5.60 Å². The van der Waals surface area contributed by atoms with Crippen molar-refractivity contribution in [3.8, 4) is 11.5 Å². The van der Waals surface area contributed by atoms with E-state index < -0.39 is 6.09 Å². The number of benzene rings is 1. The standard InChI is InChI=1S/C18H24N2O4/c1-18(2)12-13-8-7-9-14(15(13)24-18)23-17(22)19(3)16(21)20-10-5-4-6-11-20/h7-9H,4-6,10-12H2,1-3H3. The quantitative estimate of drug-likeness (QED) is 0.790. The number of rotatable bonds is 1. The Morgan fingerprint density at radius 2 is 1.92 bits per heavy atom. The molecule has 0 bridgehead atoms. The fraction of sp³-hybridized carbons (Fsp3) is 0.556. The van der Waals surface area contributed by atoms with E-state index in [1.165, 1.54) is 7.05 Å². The van der Waals surface area contributed by atoms with Gasteiger partial charge >= 0.3 is 12.1 Å². The lowest BCUT2D eigenvalue weighted by atomic mass is 10.0. The third-order valence-electron chi connectivity index (χ3n) is 4.44. The van der Waals surface area contributed by atoms with Gasteiger partial charge in [0.05, 0.1) is 0 Å². The molecule has 130 valence electrons. The van der Waals surface area contributed by atoms with E-state index in [0.717, 1.165) is 36.1 Å². The van der Waals surface area contributed by atoms with Crippen molar-refractivity contribution in [2.75, 3.05) is 20.1 Å². The van der Waals surface area contributed by atoms with Crippen LogP contribution in [0.1, 0.15) is 38.7 Å². The summed E-state index contributed by atoms with van der Waals surface area (Å²) in [7, 11) is 1.45. The van der Waals surface area contributed by atoms with Gasteiger partial charge in [-0.2, -0.15) is 0 Å². The van der Waals surface area contributed by atoms with E-state index in [2.05, 4.69) is 0 Å². The zero-order valence-electron chi connectivity index (χ0n) is 14.5. The average Bonchev–Trinajstić information content (AvgIpc) is 2.89. The number of hydrogen-bond donors (Lipinski definition) is 0. The molecule has 3 rings (SSSR count). The van der Waals surface area contributed by atoms with Gasteiger partial charge in [-0.05, 0) is 39.2 Å². The number of urea groups is 1. The van der Waals surface area contributed by atoms with Crippen molar-refractivity contribution in [2.45, 2.75) is 45.1 Å². The van der Waals surface area contributed by atoms with Gasteiger partial charge in [0.15, 0.2) is 11.5 Å². The lowest BCUT2D eigenvalue weighted by Crippen LogP contribution is -2.47. The first-order valence-corrected chi connectivity index (χ1v) is 8.43. The number of fused-ring (bicyclic) bond motifs is 1. The van der Waals surface area contributed by atoms with E-state index in [0.29, 0.717) is 24.6 Å². The van der Waals surface area contributed by atoms with Crippen LogP contribution in [0.15, 0.2) is 18.2 Å². The van der Waals surface area contributed by atoms with Crippen molar-refractivity contribution in [1.29, 1.82) is 0 Å². The summed E-state index contributed by atoms with van der Waals surface area (Å²) >= 11 is 0. The molecule has 2 aliphatic rings. The van der Waals surface area contributed by atoms with Crippen LogP contribution in [0.25, 0.3) is 0 Å². The minimum atomic E-state index is -0.688. The van der Waals surface area contributed by atoms with Crippen molar-refractivity contribution in [2.24, 2.45) is 0 Å². The fourth-order valence-corrected chi connectivity index (χ4v) is 3.21. The number of nitrogens with zero attached hydrogens (tertiary/aromatic N) is 2. The Kier molecular flexibility index (Phi) is 4.39. The SMILES string of the molecule is CN(C(=O)Oc1cccc2c1OC(C)(C)C2)C(=O)N1CCCCC1. The van der Waals surface area contributed by atoms with Gasteiger partial charge < -0.3 is 14.4 Å². The highest BCUT2D eigenvalue weighted by Gasteiger charge is 2.33. The smallest absolute Gasteiger partial charge is 0.423 e. The summed E-state index contributed by atoms with van der Waals surface area (Å²) in [5, 5.41) is 0. The molecule has 1 aromatic carbocycles. The van der Waals surface area contributed by atoms with Crippen LogP contribution in [0.4, 0.5) is 9.59 Å². The van der Waals surface area contributed by atoms with Gasteiger partial charge in [0, 0.05) is 32.1 Å². The van der Waals surface area contributed by atoms with Crippen molar-refractivity contribution in [3.63, 3.8) is 0 Å². The summed E-state index contributed by atoms with van der Waals surface area (Å²) in [6.45, 7) is 5.36. The Bertz CT molecular complexity index is 650. The number of imide groups is 1. The summed E-state index contributed by atoms with van der Waals surface area (Å²) < 4.78 is 11.3. The fourth-order valence-electron chi connectivity index (χ4n) is 3.21. The van der Waals surface area contributed by atoms with Crippen molar-refractivity contribution < 1.29 is 19.1 Å². The van der Waals surface area contributed by atoms with Crippen LogP contribution in [0.3, 0.4) is 0 Å². The number of carbonyl (C=O) groups excluding carboxylic acids is 2.